The molecule has 94 valence electrons. The van der Waals surface area contributed by atoms with Gasteiger partial charge >= 0.3 is 5.69 Å². The SMILES string of the molecule is COCCN(C)c1ccc(OC)c([N+](=O)[O-])c1. The Hall–Kier alpha value is -1.82. The summed E-state index contributed by atoms with van der Waals surface area (Å²) in [5.74, 6) is 0.263. The van der Waals surface area contributed by atoms with Crippen molar-refractivity contribution in [3.05, 3.63) is 28.3 Å². The molecule has 1 rings (SSSR count). The Bertz CT molecular complexity index is 395. The van der Waals surface area contributed by atoms with Crippen LogP contribution in [0.4, 0.5) is 11.4 Å². The van der Waals surface area contributed by atoms with Gasteiger partial charge < -0.3 is 14.4 Å². The first-order valence-corrected chi connectivity index (χ1v) is 5.12. The topological polar surface area (TPSA) is 64.8 Å². The van der Waals surface area contributed by atoms with Gasteiger partial charge in [-0.15, -0.1) is 0 Å². The van der Waals surface area contributed by atoms with Gasteiger partial charge in [-0.25, -0.2) is 0 Å². The number of methoxy groups -OCH3 is 2. The first kappa shape index (κ1) is 13.2. The average Bonchev–Trinajstić information content (AvgIpc) is 2.34. The molecular formula is C11H16N2O4. The predicted molar refractivity (Wildman–Crippen MR) is 64.8 cm³/mol. The van der Waals surface area contributed by atoms with Crippen LogP contribution in [0.1, 0.15) is 0 Å². The predicted octanol–water partition coefficient (Wildman–Crippen LogP) is 1.69. The number of hydrogen-bond acceptors (Lipinski definition) is 5. The first-order valence-electron chi connectivity index (χ1n) is 5.12. The van der Waals surface area contributed by atoms with E-state index in [9.17, 15) is 10.1 Å². The van der Waals surface area contributed by atoms with Gasteiger partial charge in [-0.1, -0.05) is 0 Å². The number of likely N-dealkylation sites (N-methyl/N-ethyl adjacent to an activating group) is 1. The molecule has 1 aromatic carbocycles. The number of ether oxygens (including phenoxy) is 2. The number of anilines is 1. The minimum absolute atomic E-state index is 0.0331. The number of nitrogens with zero attached hydrogens (tertiary/aromatic N) is 2. The van der Waals surface area contributed by atoms with Crippen molar-refractivity contribution in [1.29, 1.82) is 0 Å². The minimum Gasteiger partial charge on any atom is -0.490 e. The van der Waals surface area contributed by atoms with Crippen molar-refractivity contribution >= 4 is 11.4 Å². The number of benzene rings is 1. The molecule has 6 nitrogen and oxygen atoms in total. The van der Waals surface area contributed by atoms with Crippen LogP contribution in [0.5, 0.6) is 5.75 Å². The van der Waals surface area contributed by atoms with Gasteiger partial charge in [0.25, 0.3) is 0 Å². The summed E-state index contributed by atoms with van der Waals surface area (Å²) in [6.07, 6.45) is 0. The second-order valence-electron chi connectivity index (χ2n) is 3.53. The van der Waals surface area contributed by atoms with E-state index in [-0.39, 0.29) is 11.4 Å². The van der Waals surface area contributed by atoms with Crippen LogP contribution >= 0.6 is 0 Å². The molecule has 0 aliphatic carbocycles. The molecule has 1 aromatic rings. The standard InChI is InChI=1S/C11H16N2O4/c1-12(6-7-16-2)9-4-5-11(17-3)10(8-9)13(14)15/h4-5,8H,6-7H2,1-3H3. The lowest BCUT2D eigenvalue weighted by Crippen LogP contribution is -2.22. The maximum Gasteiger partial charge on any atom is 0.312 e. The van der Waals surface area contributed by atoms with E-state index in [0.717, 1.165) is 5.69 Å². The summed E-state index contributed by atoms with van der Waals surface area (Å²) in [6, 6.07) is 4.87. The number of rotatable bonds is 6. The van der Waals surface area contributed by atoms with Crippen molar-refractivity contribution in [3.8, 4) is 5.75 Å². The number of nitro benzene ring substituents is 1. The van der Waals surface area contributed by atoms with Gasteiger partial charge in [-0.2, -0.15) is 0 Å². The quantitative estimate of drug-likeness (QED) is 0.559. The maximum atomic E-state index is 10.9. The number of nitro groups is 1. The summed E-state index contributed by atoms with van der Waals surface area (Å²) in [7, 11) is 4.88. The fourth-order valence-electron chi connectivity index (χ4n) is 1.42. The summed E-state index contributed by atoms with van der Waals surface area (Å²) in [4.78, 5) is 12.3. The lowest BCUT2D eigenvalue weighted by molar-refractivity contribution is -0.385. The highest BCUT2D eigenvalue weighted by Crippen LogP contribution is 2.30. The summed E-state index contributed by atoms with van der Waals surface area (Å²) in [5, 5.41) is 10.9. The van der Waals surface area contributed by atoms with Crippen LogP contribution < -0.4 is 9.64 Å². The molecule has 17 heavy (non-hydrogen) atoms. The van der Waals surface area contributed by atoms with Crippen molar-refractivity contribution in [1.82, 2.24) is 0 Å². The molecule has 0 bridgehead atoms. The third-order valence-corrected chi connectivity index (χ3v) is 2.43. The van der Waals surface area contributed by atoms with Gasteiger partial charge in [0.15, 0.2) is 5.75 Å². The third-order valence-electron chi connectivity index (χ3n) is 2.43. The molecule has 0 aliphatic heterocycles. The second kappa shape index (κ2) is 6.05. The second-order valence-corrected chi connectivity index (χ2v) is 3.53. The summed E-state index contributed by atoms with van der Waals surface area (Å²) in [5.41, 5.74) is 0.726. The molecule has 0 aromatic heterocycles. The Balaban J connectivity index is 2.95. The minimum atomic E-state index is -0.452. The summed E-state index contributed by atoms with van der Waals surface area (Å²) < 4.78 is 9.89. The molecule has 0 N–H and O–H groups in total. The lowest BCUT2D eigenvalue weighted by Gasteiger charge is -2.18. The van der Waals surface area contributed by atoms with Crippen molar-refractivity contribution in [3.63, 3.8) is 0 Å². The highest BCUT2D eigenvalue weighted by atomic mass is 16.6. The van der Waals surface area contributed by atoms with E-state index in [1.807, 2.05) is 11.9 Å². The van der Waals surface area contributed by atoms with Crippen LogP contribution in [0.3, 0.4) is 0 Å². The Kier molecular flexibility index (Phi) is 4.71. The van der Waals surface area contributed by atoms with Crippen LogP contribution in [0, 0.1) is 10.1 Å². The Morgan fingerprint density at radius 2 is 2.12 bits per heavy atom. The van der Waals surface area contributed by atoms with Crippen molar-refractivity contribution in [2.75, 3.05) is 39.3 Å². The van der Waals surface area contributed by atoms with E-state index in [1.54, 1.807) is 19.2 Å². The van der Waals surface area contributed by atoms with E-state index in [1.165, 1.54) is 13.2 Å². The van der Waals surface area contributed by atoms with E-state index in [2.05, 4.69) is 0 Å². The smallest absolute Gasteiger partial charge is 0.312 e. The molecule has 0 atom stereocenters. The Labute approximate surface area is 99.9 Å². The largest absolute Gasteiger partial charge is 0.490 e. The van der Waals surface area contributed by atoms with Gasteiger partial charge in [0, 0.05) is 32.5 Å². The Morgan fingerprint density at radius 3 is 2.65 bits per heavy atom. The zero-order chi connectivity index (χ0) is 12.8. The zero-order valence-corrected chi connectivity index (χ0v) is 10.2. The van der Waals surface area contributed by atoms with Crippen molar-refractivity contribution < 1.29 is 14.4 Å². The molecule has 0 amide bonds. The molecule has 0 unspecified atom stereocenters. The van der Waals surface area contributed by atoms with Crippen molar-refractivity contribution in [2.24, 2.45) is 0 Å². The van der Waals surface area contributed by atoms with Crippen LogP contribution in [0.15, 0.2) is 18.2 Å². The molecule has 6 heteroatoms. The molecule has 0 fully saturated rings. The van der Waals surface area contributed by atoms with Crippen LogP contribution in [-0.2, 0) is 4.74 Å². The molecule has 0 heterocycles. The molecule has 0 radical (unpaired) electrons. The first-order chi connectivity index (χ1) is 8.10. The summed E-state index contributed by atoms with van der Waals surface area (Å²) >= 11 is 0. The normalized spacial score (nSPS) is 10.1. The summed E-state index contributed by atoms with van der Waals surface area (Å²) in [6.45, 7) is 1.23. The lowest BCUT2D eigenvalue weighted by atomic mass is 10.2. The zero-order valence-electron chi connectivity index (χ0n) is 10.2. The fourth-order valence-corrected chi connectivity index (χ4v) is 1.42. The van der Waals surface area contributed by atoms with E-state index in [4.69, 9.17) is 9.47 Å². The average molecular weight is 240 g/mol. The molecule has 0 saturated heterocycles. The van der Waals surface area contributed by atoms with Crippen LogP contribution in [0.2, 0.25) is 0 Å². The van der Waals surface area contributed by atoms with Gasteiger partial charge in [-0.3, -0.25) is 10.1 Å². The van der Waals surface area contributed by atoms with E-state index in [0.29, 0.717) is 13.2 Å². The van der Waals surface area contributed by atoms with Gasteiger partial charge in [-0.05, 0) is 12.1 Å². The molecule has 0 aliphatic rings. The number of hydrogen-bond donors (Lipinski definition) is 0. The fraction of sp³-hybridized carbons (Fsp3) is 0.455. The van der Waals surface area contributed by atoms with Gasteiger partial charge in [0.05, 0.1) is 18.6 Å². The third kappa shape index (κ3) is 3.32. The van der Waals surface area contributed by atoms with Gasteiger partial charge in [0.2, 0.25) is 0 Å². The van der Waals surface area contributed by atoms with Crippen LogP contribution in [0.25, 0.3) is 0 Å². The molecule has 0 saturated carbocycles. The Morgan fingerprint density at radius 1 is 1.41 bits per heavy atom. The monoisotopic (exact) mass is 240 g/mol. The highest BCUT2D eigenvalue weighted by molar-refractivity contribution is 5.59. The van der Waals surface area contributed by atoms with E-state index >= 15 is 0 Å². The van der Waals surface area contributed by atoms with E-state index < -0.39 is 4.92 Å². The van der Waals surface area contributed by atoms with Gasteiger partial charge in [0.1, 0.15) is 0 Å². The molecule has 0 spiro atoms. The van der Waals surface area contributed by atoms with Crippen molar-refractivity contribution in [2.45, 2.75) is 0 Å². The molecular weight excluding hydrogens is 224 g/mol. The maximum absolute atomic E-state index is 10.9. The highest BCUT2D eigenvalue weighted by Gasteiger charge is 2.16. The van der Waals surface area contributed by atoms with Crippen LogP contribution in [-0.4, -0.2) is 39.3 Å².